The molecule has 150 valence electrons. The minimum absolute atomic E-state index is 0.111. The molecule has 0 aliphatic carbocycles. The molecule has 28 heavy (non-hydrogen) atoms. The lowest BCUT2D eigenvalue weighted by Crippen LogP contribution is -2.47. The fraction of sp³-hybridized carbons (Fsp3) is 0.556. The van der Waals surface area contributed by atoms with Gasteiger partial charge in [-0.25, -0.2) is 19.9 Å². The topological polar surface area (TPSA) is 67.3 Å². The van der Waals surface area contributed by atoms with Crippen LogP contribution in [0.2, 0.25) is 0 Å². The van der Waals surface area contributed by atoms with Crippen molar-refractivity contribution < 1.29 is 17.9 Å². The van der Waals surface area contributed by atoms with Crippen LogP contribution in [0.25, 0.3) is 0 Å². The van der Waals surface area contributed by atoms with E-state index in [0.717, 1.165) is 49.8 Å². The van der Waals surface area contributed by atoms with Gasteiger partial charge in [0.2, 0.25) is 5.95 Å². The molecule has 0 amide bonds. The number of aromatic nitrogens is 4. The number of halogens is 3. The van der Waals surface area contributed by atoms with Crippen LogP contribution >= 0.6 is 0 Å². The normalized spacial score (nSPS) is 19.1. The summed E-state index contributed by atoms with van der Waals surface area (Å²) in [5, 5.41) is 0. The van der Waals surface area contributed by atoms with Crippen LogP contribution < -0.4 is 9.80 Å². The molecule has 2 aliphatic heterocycles. The van der Waals surface area contributed by atoms with Crippen LogP contribution in [0.3, 0.4) is 0 Å². The number of piperazine rings is 1. The standard InChI is InChI=1S/C18H21F3N6O/c19-18(20,21)15-1-4-22-17(25-15)27-7-5-26(6-8-27)16-11-14(23-12-24-16)13-2-9-28-10-3-13/h1,4,11-13H,2-3,5-10H2. The highest BCUT2D eigenvalue weighted by Crippen LogP contribution is 2.29. The van der Waals surface area contributed by atoms with Gasteiger partial charge in [-0.2, -0.15) is 13.2 Å². The zero-order valence-corrected chi connectivity index (χ0v) is 15.3. The first-order chi connectivity index (χ1) is 13.5. The number of ether oxygens (including phenoxy) is 1. The highest BCUT2D eigenvalue weighted by Gasteiger charge is 2.33. The summed E-state index contributed by atoms with van der Waals surface area (Å²) in [6.45, 7) is 3.81. The van der Waals surface area contributed by atoms with E-state index in [1.165, 1.54) is 0 Å². The van der Waals surface area contributed by atoms with E-state index in [-0.39, 0.29) is 5.95 Å². The van der Waals surface area contributed by atoms with Gasteiger partial charge in [-0.05, 0) is 18.9 Å². The van der Waals surface area contributed by atoms with E-state index >= 15 is 0 Å². The van der Waals surface area contributed by atoms with Crippen molar-refractivity contribution in [3.8, 4) is 0 Å². The molecule has 4 heterocycles. The Balaban J connectivity index is 1.42. The van der Waals surface area contributed by atoms with Crippen LogP contribution in [0, 0.1) is 0 Å². The SMILES string of the molecule is FC(F)(F)c1ccnc(N2CCN(c3cc(C4CCOCC4)ncn3)CC2)n1. The van der Waals surface area contributed by atoms with Crippen molar-refractivity contribution in [2.75, 3.05) is 49.2 Å². The molecule has 0 unspecified atom stereocenters. The average Bonchev–Trinajstić information content (AvgIpc) is 2.74. The van der Waals surface area contributed by atoms with Gasteiger partial charge in [0.15, 0.2) is 0 Å². The van der Waals surface area contributed by atoms with Crippen molar-refractivity contribution in [3.63, 3.8) is 0 Å². The predicted octanol–water partition coefficient (Wildman–Crippen LogP) is 2.51. The van der Waals surface area contributed by atoms with Crippen LogP contribution in [0.15, 0.2) is 24.7 Å². The molecular weight excluding hydrogens is 373 g/mol. The molecule has 0 N–H and O–H groups in total. The van der Waals surface area contributed by atoms with Gasteiger partial charge in [0.25, 0.3) is 0 Å². The summed E-state index contributed by atoms with van der Waals surface area (Å²) >= 11 is 0. The van der Waals surface area contributed by atoms with Crippen LogP contribution in [-0.4, -0.2) is 59.3 Å². The third-order valence-electron chi connectivity index (χ3n) is 5.13. The second-order valence-corrected chi connectivity index (χ2v) is 6.90. The van der Waals surface area contributed by atoms with Gasteiger partial charge in [0.1, 0.15) is 17.8 Å². The van der Waals surface area contributed by atoms with Crippen LogP contribution in [0.5, 0.6) is 0 Å². The van der Waals surface area contributed by atoms with E-state index in [0.29, 0.717) is 32.1 Å². The lowest BCUT2D eigenvalue weighted by atomic mass is 9.96. The molecule has 0 bridgehead atoms. The van der Waals surface area contributed by atoms with E-state index in [4.69, 9.17) is 4.74 Å². The lowest BCUT2D eigenvalue weighted by Gasteiger charge is -2.35. The van der Waals surface area contributed by atoms with Gasteiger partial charge in [-0.3, -0.25) is 0 Å². The first-order valence-electron chi connectivity index (χ1n) is 9.30. The predicted molar refractivity (Wildman–Crippen MR) is 96.3 cm³/mol. The second-order valence-electron chi connectivity index (χ2n) is 6.90. The Bertz CT molecular complexity index is 804. The molecule has 10 heteroatoms. The van der Waals surface area contributed by atoms with Gasteiger partial charge in [0.05, 0.1) is 0 Å². The van der Waals surface area contributed by atoms with Crippen molar-refractivity contribution >= 4 is 11.8 Å². The first kappa shape index (κ1) is 18.9. The van der Waals surface area contributed by atoms with Gasteiger partial charge in [-0.1, -0.05) is 0 Å². The minimum atomic E-state index is -4.47. The van der Waals surface area contributed by atoms with Crippen molar-refractivity contribution in [1.29, 1.82) is 0 Å². The zero-order chi connectivity index (χ0) is 19.6. The van der Waals surface area contributed by atoms with Crippen LogP contribution in [0.1, 0.15) is 30.1 Å². The fourth-order valence-electron chi connectivity index (χ4n) is 3.55. The number of rotatable bonds is 3. The molecule has 2 aromatic rings. The Morgan fingerprint density at radius 1 is 0.964 bits per heavy atom. The van der Waals surface area contributed by atoms with Crippen molar-refractivity contribution in [3.05, 3.63) is 36.0 Å². The summed E-state index contributed by atoms with van der Waals surface area (Å²) in [7, 11) is 0. The van der Waals surface area contributed by atoms with Gasteiger partial charge >= 0.3 is 6.18 Å². The molecule has 2 aromatic heterocycles. The molecule has 2 aliphatic rings. The average molecular weight is 394 g/mol. The van der Waals surface area contributed by atoms with Crippen LogP contribution in [0.4, 0.5) is 24.9 Å². The van der Waals surface area contributed by atoms with Crippen LogP contribution in [-0.2, 0) is 10.9 Å². The maximum Gasteiger partial charge on any atom is 0.433 e. The summed E-state index contributed by atoms with van der Waals surface area (Å²) < 4.78 is 44.0. The summed E-state index contributed by atoms with van der Waals surface area (Å²) in [5.41, 5.74) is 0.105. The van der Waals surface area contributed by atoms with Crippen molar-refractivity contribution in [2.45, 2.75) is 24.9 Å². The van der Waals surface area contributed by atoms with Crippen molar-refractivity contribution in [2.24, 2.45) is 0 Å². The summed E-state index contributed by atoms with van der Waals surface area (Å²) in [6, 6.07) is 2.91. The number of alkyl halides is 3. The van der Waals surface area contributed by atoms with Crippen molar-refractivity contribution in [1.82, 2.24) is 19.9 Å². The molecule has 7 nitrogen and oxygen atoms in total. The maximum atomic E-state index is 12.9. The highest BCUT2D eigenvalue weighted by atomic mass is 19.4. The summed E-state index contributed by atoms with van der Waals surface area (Å²) in [4.78, 5) is 20.4. The maximum absolute atomic E-state index is 12.9. The summed E-state index contributed by atoms with van der Waals surface area (Å²) in [6.07, 6.45) is 0.180. The van der Waals surface area contributed by atoms with E-state index in [1.54, 1.807) is 11.2 Å². The number of anilines is 2. The lowest BCUT2D eigenvalue weighted by molar-refractivity contribution is -0.141. The van der Waals surface area contributed by atoms with Gasteiger partial charge < -0.3 is 14.5 Å². The monoisotopic (exact) mass is 394 g/mol. The van der Waals surface area contributed by atoms with E-state index in [1.807, 2.05) is 6.07 Å². The number of nitrogens with zero attached hydrogens (tertiary/aromatic N) is 6. The first-order valence-corrected chi connectivity index (χ1v) is 9.30. The zero-order valence-electron chi connectivity index (χ0n) is 15.3. The molecule has 0 radical (unpaired) electrons. The molecule has 0 spiro atoms. The molecule has 2 fully saturated rings. The Kier molecular flexibility index (Phi) is 5.29. The third-order valence-corrected chi connectivity index (χ3v) is 5.13. The molecule has 4 rings (SSSR count). The summed E-state index contributed by atoms with van der Waals surface area (Å²) in [5.74, 6) is 1.34. The largest absolute Gasteiger partial charge is 0.433 e. The quantitative estimate of drug-likeness (QED) is 0.792. The molecule has 2 saturated heterocycles. The molecular formula is C18H21F3N6O. The van der Waals surface area contributed by atoms with E-state index in [9.17, 15) is 13.2 Å². The highest BCUT2D eigenvalue weighted by molar-refractivity contribution is 5.43. The smallest absolute Gasteiger partial charge is 0.381 e. The van der Waals surface area contributed by atoms with Gasteiger partial charge in [0, 0.05) is 63.3 Å². The fourth-order valence-corrected chi connectivity index (χ4v) is 3.55. The Labute approximate surface area is 160 Å². The Morgan fingerprint density at radius 3 is 2.39 bits per heavy atom. The third kappa shape index (κ3) is 4.16. The molecule has 0 aromatic carbocycles. The molecule has 0 saturated carbocycles. The number of hydrogen-bond donors (Lipinski definition) is 0. The van der Waals surface area contributed by atoms with E-state index in [2.05, 4.69) is 24.8 Å². The number of hydrogen-bond acceptors (Lipinski definition) is 7. The van der Waals surface area contributed by atoms with Gasteiger partial charge in [-0.15, -0.1) is 0 Å². The van der Waals surface area contributed by atoms with E-state index < -0.39 is 11.9 Å². The Morgan fingerprint density at radius 2 is 1.68 bits per heavy atom. The molecule has 0 atom stereocenters. The minimum Gasteiger partial charge on any atom is -0.381 e. The second kappa shape index (κ2) is 7.86. The Hall–Kier alpha value is -2.49.